The van der Waals surface area contributed by atoms with E-state index < -0.39 is 41.3 Å². The summed E-state index contributed by atoms with van der Waals surface area (Å²) in [6.45, 7) is 1.14. The summed E-state index contributed by atoms with van der Waals surface area (Å²) in [7, 11) is 0. The Balaban J connectivity index is 2.87. The molecule has 1 atom stereocenters. The minimum atomic E-state index is -4.69. The molecule has 0 saturated heterocycles. The first kappa shape index (κ1) is 15.7. The van der Waals surface area contributed by atoms with Gasteiger partial charge in [0.2, 0.25) is 0 Å². The van der Waals surface area contributed by atoms with Crippen molar-refractivity contribution in [2.75, 3.05) is 5.32 Å². The highest BCUT2D eigenvalue weighted by Crippen LogP contribution is 2.31. The van der Waals surface area contributed by atoms with Crippen LogP contribution in [0.4, 0.5) is 28.0 Å². The van der Waals surface area contributed by atoms with E-state index in [0.717, 1.165) is 6.92 Å². The number of alkyl halides is 3. The van der Waals surface area contributed by atoms with Crippen molar-refractivity contribution < 1.29 is 32.3 Å². The molecule has 0 aliphatic rings. The summed E-state index contributed by atoms with van der Waals surface area (Å²) in [5, 5.41) is 12.3. The number of halogens is 4. The molecule has 1 aromatic carbocycles. The fraction of sp³-hybridized carbons (Fsp3) is 0.273. The van der Waals surface area contributed by atoms with Crippen LogP contribution in [0.25, 0.3) is 0 Å². The van der Waals surface area contributed by atoms with Gasteiger partial charge in [0.05, 0.1) is 11.3 Å². The SMILES string of the molecule is C[C@H](NC(=O)Nc1cc(C(F)(F)F)ccc1F)C(=O)O. The van der Waals surface area contributed by atoms with Crippen LogP contribution in [0.15, 0.2) is 18.2 Å². The lowest BCUT2D eigenvalue weighted by molar-refractivity contribution is -0.139. The van der Waals surface area contributed by atoms with Crippen LogP contribution in [-0.4, -0.2) is 23.1 Å². The lowest BCUT2D eigenvalue weighted by Gasteiger charge is -2.13. The number of carbonyl (C=O) groups excluding carboxylic acids is 1. The van der Waals surface area contributed by atoms with Crippen LogP contribution in [0.1, 0.15) is 12.5 Å². The molecule has 0 aliphatic heterocycles. The summed E-state index contributed by atoms with van der Waals surface area (Å²) in [6.07, 6.45) is -4.69. The monoisotopic (exact) mass is 294 g/mol. The third-order valence-electron chi connectivity index (χ3n) is 2.26. The molecular weight excluding hydrogens is 284 g/mol. The average molecular weight is 294 g/mol. The van der Waals surface area contributed by atoms with Gasteiger partial charge in [-0.05, 0) is 25.1 Å². The number of carboxylic acid groups (broad SMARTS) is 1. The van der Waals surface area contributed by atoms with E-state index in [4.69, 9.17) is 5.11 Å². The molecule has 9 heteroatoms. The van der Waals surface area contributed by atoms with Gasteiger partial charge in [0.1, 0.15) is 11.9 Å². The van der Waals surface area contributed by atoms with Crippen LogP contribution in [0.5, 0.6) is 0 Å². The lowest BCUT2D eigenvalue weighted by Crippen LogP contribution is -2.41. The molecule has 5 nitrogen and oxygen atoms in total. The number of anilines is 1. The fourth-order valence-corrected chi connectivity index (χ4v) is 1.21. The van der Waals surface area contributed by atoms with Crippen molar-refractivity contribution in [2.24, 2.45) is 0 Å². The van der Waals surface area contributed by atoms with Crippen LogP contribution in [-0.2, 0) is 11.0 Å². The van der Waals surface area contributed by atoms with Gasteiger partial charge in [0.15, 0.2) is 0 Å². The molecule has 0 heterocycles. The predicted molar refractivity (Wildman–Crippen MR) is 60.7 cm³/mol. The molecule has 3 N–H and O–H groups in total. The van der Waals surface area contributed by atoms with Gasteiger partial charge in [0, 0.05) is 0 Å². The molecule has 0 saturated carbocycles. The highest BCUT2D eigenvalue weighted by molar-refractivity contribution is 5.92. The summed E-state index contributed by atoms with van der Waals surface area (Å²) < 4.78 is 50.6. The largest absolute Gasteiger partial charge is 0.480 e. The zero-order valence-electron chi connectivity index (χ0n) is 10.1. The average Bonchev–Trinajstić information content (AvgIpc) is 2.30. The van der Waals surface area contributed by atoms with Crippen LogP contribution in [0.2, 0.25) is 0 Å². The highest BCUT2D eigenvalue weighted by Gasteiger charge is 2.31. The summed E-state index contributed by atoms with van der Waals surface area (Å²) in [5.41, 5.74) is -1.84. The van der Waals surface area contributed by atoms with E-state index in [0.29, 0.717) is 18.2 Å². The molecule has 1 rings (SSSR count). The van der Waals surface area contributed by atoms with Gasteiger partial charge in [-0.3, -0.25) is 4.79 Å². The third kappa shape index (κ3) is 4.11. The van der Waals surface area contributed by atoms with Gasteiger partial charge in [-0.1, -0.05) is 0 Å². The van der Waals surface area contributed by atoms with E-state index in [1.165, 1.54) is 0 Å². The number of benzene rings is 1. The van der Waals surface area contributed by atoms with Crippen molar-refractivity contribution in [3.63, 3.8) is 0 Å². The van der Waals surface area contributed by atoms with Gasteiger partial charge in [-0.15, -0.1) is 0 Å². The topological polar surface area (TPSA) is 78.4 Å². The number of aliphatic carboxylic acids is 1. The van der Waals surface area contributed by atoms with Crippen molar-refractivity contribution in [3.05, 3.63) is 29.6 Å². The lowest BCUT2D eigenvalue weighted by atomic mass is 10.2. The number of urea groups is 1. The number of hydrogen-bond acceptors (Lipinski definition) is 2. The zero-order chi connectivity index (χ0) is 15.5. The Hall–Kier alpha value is -2.32. The smallest absolute Gasteiger partial charge is 0.416 e. The first-order valence-electron chi connectivity index (χ1n) is 5.28. The van der Waals surface area contributed by atoms with E-state index in [1.54, 1.807) is 0 Å². The minimum Gasteiger partial charge on any atom is -0.480 e. The number of nitrogens with one attached hydrogen (secondary N) is 2. The normalized spacial score (nSPS) is 12.7. The van der Waals surface area contributed by atoms with Crippen molar-refractivity contribution >= 4 is 17.7 Å². The zero-order valence-corrected chi connectivity index (χ0v) is 10.1. The molecule has 0 bridgehead atoms. The molecule has 0 radical (unpaired) electrons. The molecule has 20 heavy (non-hydrogen) atoms. The molecule has 110 valence electrons. The second-order valence-electron chi connectivity index (χ2n) is 3.85. The molecule has 0 spiro atoms. The Morgan fingerprint density at radius 1 is 1.30 bits per heavy atom. The minimum absolute atomic E-state index is 0.417. The first-order valence-corrected chi connectivity index (χ1v) is 5.28. The number of carbonyl (C=O) groups is 2. The Morgan fingerprint density at radius 2 is 1.90 bits per heavy atom. The van der Waals surface area contributed by atoms with Gasteiger partial charge in [0.25, 0.3) is 0 Å². The van der Waals surface area contributed by atoms with Crippen LogP contribution in [0.3, 0.4) is 0 Å². The van der Waals surface area contributed by atoms with E-state index in [1.807, 2.05) is 10.6 Å². The summed E-state index contributed by atoms with van der Waals surface area (Å²) in [4.78, 5) is 21.8. The standard InChI is InChI=1S/C11H10F4N2O3/c1-5(9(18)19)16-10(20)17-8-4-6(11(13,14)15)2-3-7(8)12/h2-5H,1H3,(H,18,19)(H2,16,17,20)/t5-/m0/s1. The van der Waals surface area contributed by atoms with Crippen molar-refractivity contribution in [2.45, 2.75) is 19.1 Å². The molecule has 0 fully saturated rings. The molecule has 1 aromatic rings. The first-order chi connectivity index (χ1) is 9.11. The van der Waals surface area contributed by atoms with Crippen LogP contribution < -0.4 is 10.6 Å². The van der Waals surface area contributed by atoms with E-state index in [-0.39, 0.29) is 0 Å². The van der Waals surface area contributed by atoms with Crippen molar-refractivity contribution in [3.8, 4) is 0 Å². The van der Waals surface area contributed by atoms with Crippen molar-refractivity contribution in [1.82, 2.24) is 5.32 Å². The van der Waals surface area contributed by atoms with Gasteiger partial charge in [-0.25, -0.2) is 9.18 Å². The van der Waals surface area contributed by atoms with E-state index in [2.05, 4.69) is 0 Å². The number of rotatable bonds is 3. The molecular formula is C11H10F4N2O3. The second-order valence-corrected chi connectivity index (χ2v) is 3.85. The van der Waals surface area contributed by atoms with E-state index >= 15 is 0 Å². The number of hydrogen-bond donors (Lipinski definition) is 3. The number of amides is 2. The fourth-order valence-electron chi connectivity index (χ4n) is 1.21. The predicted octanol–water partition coefficient (Wildman–Crippen LogP) is 2.44. The third-order valence-corrected chi connectivity index (χ3v) is 2.26. The second kappa shape index (κ2) is 5.76. The van der Waals surface area contributed by atoms with Crippen molar-refractivity contribution in [1.29, 1.82) is 0 Å². The van der Waals surface area contributed by atoms with E-state index in [9.17, 15) is 27.2 Å². The number of carboxylic acids is 1. The Kier molecular flexibility index (Phi) is 4.53. The maximum atomic E-state index is 13.3. The summed E-state index contributed by atoms with van der Waals surface area (Å²) in [5.74, 6) is -2.42. The highest BCUT2D eigenvalue weighted by atomic mass is 19.4. The Morgan fingerprint density at radius 3 is 2.40 bits per heavy atom. The molecule has 2 amide bonds. The summed E-state index contributed by atoms with van der Waals surface area (Å²) in [6, 6.07) is -0.903. The molecule has 0 aromatic heterocycles. The summed E-state index contributed by atoms with van der Waals surface area (Å²) >= 11 is 0. The van der Waals surface area contributed by atoms with Gasteiger partial charge >= 0.3 is 18.2 Å². The molecule has 0 aliphatic carbocycles. The maximum Gasteiger partial charge on any atom is 0.416 e. The maximum absolute atomic E-state index is 13.3. The van der Waals surface area contributed by atoms with Gasteiger partial charge < -0.3 is 15.7 Å². The van der Waals surface area contributed by atoms with Crippen LogP contribution in [0, 0.1) is 5.82 Å². The van der Waals surface area contributed by atoms with Crippen LogP contribution >= 0.6 is 0 Å². The Bertz CT molecular complexity index is 531. The quantitative estimate of drug-likeness (QED) is 0.749. The van der Waals surface area contributed by atoms with Gasteiger partial charge in [-0.2, -0.15) is 13.2 Å². The Labute approximate surface area is 110 Å². The molecule has 0 unspecified atom stereocenters.